The fourth-order valence-corrected chi connectivity index (χ4v) is 4.36. The maximum atomic E-state index is 9.46. The highest BCUT2D eigenvalue weighted by atomic mass is 16.3. The van der Waals surface area contributed by atoms with Gasteiger partial charge in [-0.05, 0) is 38.8 Å². The highest BCUT2D eigenvalue weighted by molar-refractivity contribution is 4.87. The van der Waals surface area contributed by atoms with Crippen LogP contribution in [0.5, 0.6) is 0 Å². The van der Waals surface area contributed by atoms with Gasteiger partial charge in [-0.3, -0.25) is 0 Å². The molecule has 0 fully saturated rings. The summed E-state index contributed by atoms with van der Waals surface area (Å²) in [5.41, 5.74) is 5.49. The monoisotopic (exact) mass is 414 g/mol. The van der Waals surface area contributed by atoms with Crippen LogP contribution in [0.1, 0.15) is 129 Å². The number of nitrogens with two attached hydrogens (primary N) is 1. The van der Waals surface area contributed by atoms with E-state index in [1.807, 2.05) is 0 Å². The standard InChI is InChI=1S/C25H54N2O2/c1-2-3-4-5-6-7-8-9-10-11-12-13-14-15-16-18-25(19-23-28,20-24-29)27-22-17-21-26/h27-29H,2-24,26H2,1H3. The van der Waals surface area contributed by atoms with Gasteiger partial charge in [0.05, 0.1) is 0 Å². The van der Waals surface area contributed by atoms with E-state index in [1.165, 1.54) is 96.3 Å². The Labute approximate surface area is 182 Å². The minimum atomic E-state index is -0.116. The summed E-state index contributed by atoms with van der Waals surface area (Å²) in [7, 11) is 0. The van der Waals surface area contributed by atoms with Gasteiger partial charge in [0.2, 0.25) is 0 Å². The molecule has 0 aromatic heterocycles. The van der Waals surface area contributed by atoms with E-state index in [2.05, 4.69) is 12.2 Å². The first-order chi connectivity index (χ1) is 14.2. The molecule has 0 bridgehead atoms. The molecule has 176 valence electrons. The predicted octanol–water partition coefficient (Wildman–Crippen LogP) is 5.69. The fourth-order valence-electron chi connectivity index (χ4n) is 4.36. The fraction of sp³-hybridized carbons (Fsp3) is 1.00. The van der Waals surface area contributed by atoms with Crippen molar-refractivity contribution in [1.82, 2.24) is 5.32 Å². The molecule has 0 aliphatic heterocycles. The SMILES string of the molecule is CCCCCCCCCCCCCCCCCC(CCO)(CCO)NCCCN. The van der Waals surface area contributed by atoms with Crippen molar-refractivity contribution in [3.63, 3.8) is 0 Å². The summed E-state index contributed by atoms with van der Waals surface area (Å²) in [5.74, 6) is 0. The molecule has 0 aromatic carbocycles. The molecule has 29 heavy (non-hydrogen) atoms. The van der Waals surface area contributed by atoms with Gasteiger partial charge in [0.25, 0.3) is 0 Å². The van der Waals surface area contributed by atoms with Gasteiger partial charge in [0.1, 0.15) is 0 Å². The lowest BCUT2D eigenvalue weighted by Crippen LogP contribution is -2.47. The summed E-state index contributed by atoms with van der Waals surface area (Å²) in [6, 6.07) is 0. The zero-order chi connectivity index (χ0) is 21.5. The number of aliphatic hydroxyl groups excluding tert-OH is 2. The molecule has 5 N–H and O–H groups in total. The summed E-state index contributed by atoms with van der Waals surface area (Å²) in [4.78, 5) is 0. The zero-order valence-electron chi connectivity index (χ0n) is 19.7. The molecule has 0 saturated carbocycles. The summed E-state index contributed by atoms with van der Waals surface area (Å²) >= 11 is 0. The van der Waals surface area contributed by atoms with Crippen LogP contribution in [0.25, 0.3) is 0 Å². The van der Waals surface area contributed by atoms with Crippen LogP contribution in [-0.2, 0) is 0 Å². The van der Waals surface area contributed by atoms with Gasteiger partial charge in [-0.2, -0.15) is 0 Å². The van der Waals surface area contributed by atoms with E-state index < -0.39 is 0 Å². The summed E-state index contributed by atoms with van der Waals surface area (Å²) in [6.07, 6.45) is 24.1. The first kappa shape index (κ1) is 28.8. The second-order valence-electron chi connectivity index (χ2n) is 9.00. The highest BCUT2D eigenvalue weighted by Crippen LogP contribution is 2.24. The Morgan fingerprint density at radius 1 is 0.586 bits per heavy atom. The van der Waals surface area contributed by atoms with Crippen molar-refractivity contribution in [2.75, 3.05) is 26.3 Å². The smallest absolute Gasteiger partial charge is 0.0448 e. The lowest BCUT2D eigenvalue weighted by molar-refractivity contribution is 0.152. The normalized spacial score (nSPS) is 12.0. The second-order valence-corrected chi connectivity index (χ2v) is 9.00. The van der Waals surface area contributed by atoms with Crippen molar-refractivity contribution >= 4 is 0 Å². The third-order valence-electron chi connectivity index (χ3n) is 6.32. The van der Waals surface area contributed by atoms with Crippen LogP contribution >= 0.6 is 0 Å². The molecule has 0 aromatic rings. The third kappa shape index (κ3) is 18.3. The van der Waals surface area contributed by atoms with Gasteiger partial charge < -0.3 is 21.3 Å². The van der Waals surface area contributed by atoms with Crippen molar-refractivity contribution in [3.05, 3.63) is 0 Å². The van der Waals surface area contributed by atoms with Crippen LogP contribution in [-0.4, -0.2) is 42.1 Å². The molecular weight excluding hydrogens is 360 g/mol. The Kier molecular flexibility index (Phi) is 22.4. The van der Waals surface area contributed by atoms with Crippen LogP contribution < -0.4 is 11.1 Å². The van der Waals surface area contributed by atoms with E-state index in [0.717, 1.165) is 32.2 Å². The number of nitrogens with one attached hydrogen (secondary N) is 1. The number of hydrogen-bond donors (Lipinski definition) is 4. The van der Waals surface area contributed by atoms with Crippen LogP contribution in [0, 0.1) is 0 Å². The molecule has 0 aliphatic carbocycles. The molecule has 0 heterocycles. The highest BCUT2D eigenvalue weighted by Gasteiger charge is 2.27. The minimum Gasteiger partial charge on any atom is -0.396 e. The number of unbranched alkanes of at least 4 members (excludes halogenated alkanes) is 14. The van der Waals surface area contributed by atoms with Crippen molar-refractivity contribution in [3.8, 4) is 0 Å². The largest absolute Gasteiger partial charge is 0.396 e. The number of hydrogen-bond acceptors (Lipinski definition) is 4. The second kappa shape index (κ2) is 22.5. The van der Waals surface area contributed by atoms with E-state index in [0.29, 0.717) is 6.54 Å². The van der Waals surface area contributed by atoms with Gasteiger partial charge in [-0.1, -0.05) is 103 Å². The zero-order valence-corrected chi connectivity index (χ0v) is 19.7. The molecule has 4 heteroatoms. The molecule has 4 nitrogen and oxygen atoms in total. The first-order valence-electron chi connectivity index (χ1n) is 12.9. The maximum Gasteiger partial charge on any atom is 0.0448 e. The molecule has 0 atom stereocenters. The van der Waals surface area contributed by atoms with Gasteiger partial charge >= 0.3 is 0 Å². The van der Waals surface area contributed by atoms with Gasteiger partial charge in [-0.25, -0.2) is 0 Å². The van der Waals surface area contributed by atoms with Crippen molar-refractivity contribution < 1.29 is 10.2 Å². The molecule has 0 spiro atoms. The van der Waals surface area contributed by atoms with Crippen LogP contribution in [0.4, 0.5) is 0 Å². The van der Waals surface area contributed by atoms with E-state index in [1.54, 1.807) is 0 Å². The van der Waals surface area contributed by atoms with E-state index in [-0.39, 0.29) is 18.8 Å². The predicted molar refractivity (Wildman–Crippen MR) is 127 cm³/mol. The molecule has 0 amide bonds. The van der Waals surface area contributed by atoms with Crippen LogP contribution in [0.15, 0.2) is 0 Å². The third-order valence-corrected chi connectivity index (χ3v) is 6.32. The summed E-state index contributed by atoms with van der Waals surface area (Å²) in [5, 5.41) is 22.5. The van der Waals surface area contributed by atoms with Gasteiger partial charge in [0, 0.05) is 18.8 Å². The lowest BCUT2D eigenvalue weighted by Gasteiger charge is -2.34. The van der Waals surface area contributed by atoms with Gasteiger partial charge in [-0.15, -0.1) is 0 Å². The van der Waals surface area contributed by atoms with Crippen molar-refractivity contribution in [1.29, 1.82) is 0 Å². The average Bonchev–Trinajstić information content (AvgIpc) is 2.71. The minimum absolute atomic E-state index is 0.116. The van der Waals surface area contributed by atoms with Crippen molar-refractivity contribution in [2.24, 2.45) is 5.73 Å². The van der Waals surface area contributed by atoms with Crippen molar-refractivity contribution in [2.45, 2.75) is 134 Å². The molecule has 0 aliphatic rings. The Bertz CT molecular complexity index is 307. The van der Waals surface area contributed by atoms with Crippen LogP contribution in [0.3, 0.4) is 0 Å². The van der Waals surface area contributed by atoms with E-state index in [9.17, 15) is 10.2 Å². The van der Waals surface area contributed by atoms with Gasteiger partial charge in [0.15, 0.2) is 0 Å². The summed E-state index contributed by atoms with van der Waals surface area (Å²) in [6.45, 7) is 4.18. The molecular formula is C25H54N2O2. The number of rotatable bonds is 24. The Morgan fingerprint density at radius 2 is 1.00 bits per heavy atom. The average molecular weight is 415 g/mol. The number of aliphatic hydroxyl groups is 2. The quantitative estimate of drug-likeness (QED) is 0.153. The molecule has 0 unspecified atom stereocenters. The van der Waals surface area contributed by atoms with Crippen LogP contribution in [0.2, 0.25) is 0 Å². The summed E-state index contributed by atoms with van der Waals surface area (Å²) < 4.78 is 0. The topological polar surface area (TPSA) is 78.5 Å². The lowest BCUT2D eigenvalue weighted by atomic mass is 9.85. The Balaban J connectivity index is 3.63. The molecule has 0 saturated heterocycles. The first-order valence-corrected chi connectivity index (χ1v) is 12.9. The maximum absolute atomic E-state index is 9.46. The van der Waals surface area contributed by atoms with E-state index in [4.69, 9.17) is 5.73 Å². The molecule has 0 rings (SSSR count). The Morgan fingerprint density at radius 3 is 1.38 bits per heavy atom. The molecule has 0 radical (unpaired) electrons. The van der Waals surface area contributed by atoms with E-state index >= 15 is 0 Å². The Hall–Kier alpha value is -0.160.